The topological polar surface area (TPSA) is 24.6 Å². The Hall–Kier alpha value is -9.52. The van der Waals surface area contributed by atoms with E-state index in [-0.39, 0.29) is 6.85 Å². The standard InChI is InChI=1S/C66H40BN5/c1-2-18-41(19-3-1)68-59-31-15-9-25-50(59)64-63(68)37-35-49-48-24-8-16-32-61(48)72(66(49)64)67-53-26-10-17-33-62(53)71-60-36-34-42(69-55-27-11-4-20-44(55)45-21-5-12-28-56(45)69)38-51(60)52-39-43(40-54(67)65(52)71)70-57-29-13-6-22-46(57)47-23-7-14-30-58(47)70/h1-40H. The molecule has 1 aliphatic heterocycles. The Bertz CT molecular complexity index is 4890. The molecule has 72 heavy (non-hydrogen) atoms. The van der Waals surface area contributed by atoms with Gasteiger partial charge in [-0.3, -0.25) is 0 Å². The molecule has 1 aliphatic rings. The maximum absolute atomic E-state index is 2.71. The number of aromatic nitrogens is 5. The van der Waals surface area contributed by atoms with E-state index in [1.807, 2.05) is 0 Å². The Morgan fingerprint density at radius 3 is 1.33 bits per heavy atom. The molecule has 17 rings (SSSR count). The molecule has 332 valence electrons. The van der Waals surface area contributed by atoms with Gasteiger partial charge in [-0.25, -0.2) is 0 Å². The SMILES string of the molecule is c1ccc(-n2c3ccccc3c3c4c(ccc32)c2ccccc2n4B2c3ccccc3-n3c4ccc(-n5c6ccccc6c6ccccc65)cc4c4cc(-n5c6ccccc6c6ccccc65)cc2c43)cc1. The number of hydrogen-bond donors (Lipinski definition) is 0. The molecule has 5 nitrogen and oxygen atoms in total. The lowest BCUT2D eigenvalue weighted by Crippen LogP contribution is -2.53. The van der Waals surface area contributed by atoms with Gasteiger partial charge in [-0.05, 0) is 102 Å². The van der Waals surface area contributed by atoms with Gasteiger partial charge in [-0.1, -0.05) is 152 Å². The molecule has 6 heteroatoms. The molecule has 0 radical (unpaired) electrons. The Balaban J connectivity index is 1.05. The highest BCUT2D eigenvalue weighted by atomic mass is 15.0. The van der Waals surface area contributed by atoms with Gasteiger partial charge in [0.2, 0.25) is 0 Å². The first-order chi connectivity index (χ1) is 35.8. The van der Waals surface area contributed by atoms with Gasteiger partial charge in [0, 0.05) is 87.6 Å². The number of rotatable bonds is 4. The quantitative estimate of drug-likeness (QED) is 0.157. The monoisotopic (exact) mass is 913 g/mol. The summed E-state index contributed by atoms with van der Waals surface area (Å²) in [4.78, 5) is 0. The molecule has 0 unspecified atom stereocenters. The van der Waals surface area contributed by atoms with Crippen molar-refractivity contribution < 1.29 is 0 Å². The summed E-state index contributed by atoms with van der Waals surface area (Å²) >= 11 is 0. The third-order valence-electron chi connectivity index (χ3n) is 16.1. The van der Waals surface area contributed by atoms with E-state index in [0.29, 0.717) is 0 Å². The Kier molecular flexibility index (Phi) is 7.49. The molecule has 0 bridgehead atoms. The molecule has 0 spiro atoms. The van der Waals surface area contributed by atoms with Gasteiger partial charge < -0.3 is 22.7 Å². The highest BCUT2D eigenvalue weighted by Crippen LogP contribution is 2.44. The smallest absolute Gasteiger partial charge is 0.332 e. The van der Waals surface area contributed by atoms with Crippen LogP contribution in [0.2, 0.25) is 0 Å². The normalized spacial score (nSPS) is 12.7. The van der Waals surface area contributed by atoms with Crippen LogP contribution in [0.5, 0.6) is 0 Å². The lowest BCUT2D eigenvalue weighted by Gasteiger charge is -2.29. The first kappa shape index (κ1) is 38.3. The highest BCUT2D eigenvalue weighted by Gasteiger charge is 2.38. The van der Waals surface area contributed by atoms with Crippen LogP contribution in [0.4, 0.5) is 0 Å². The van der Waals surface area contributed by atoms with E-state index in [4.69, 9.17) is 0 Å². The fourth-order valence-corrected chi connectivity index (χ4v) is 13.3. The van der Waals surface area contributed by atoms with Gasteiger partial charge in [-0.15, -0.1) is 0 Å². The van der Waals surface area contributed by atoms with Crippen molar-refractivity contribution in [3.05, 3.63) is 243 Å². The molecular weight excluding hydrogens is 874 g/mol. The van der Waals surface area contributed by atoms with E-state index in [1.165, 1.54) is 126 Å². The average Bonchev–Trinajstić information content (AvgIpc) is 4.24. The predicted molar refractivity (Wildman–Crippen MR) is 304 cm³/mol. The van der Waals surface area contributed by atoms with Crippen molar-refractivity contribution in [2.75, 3.05) is 0 Å². The molecule has 0 atom stereocenters. The molecular formula is C66H40BN5. The van der Waals surface area contributed by atoms with Gasteiger partial charge in [0.25, 0.3) is 0 Å². The molecule has 6 heterocycles. The lowest BCUT2D eigenvalue weighted by molar-refractivity contribution is 1.16. The van der Waals surface area contributed by atoms with Crippen LogP contribution in [-0.4, -0.2) is 29.6 Å². The van der Waals surface area contributed by atoms with Crippen molar-refractivity contribution in [2.24, 2.45) is 0 Å². The maximum atomic E-state index is 2.71. The first-order valence-corrected chi connectivity index (χ1v) is 25.0. The predicted octanol–water partition coefficient (Wildman–Crippen LogP) is 15.2. The van der Waals surface area contributed by atoms with Crippen LogP contribution in [0.3, 0.4) is 0 Å². The first-order valence-electron chi connectivity index (χ1n) is 25.0. The molecule has 0 amide bonds. The van der Waals surface area contributed by atoms with Crippen molar-refractivity contribution in [3.8, 4) is 22.7 Å². The van der Waals surface area contributed by atoms with Crippen molar-refractivity contribution in [1.29, 1.82) is 0 Å². The minimum absolute atomic E-state index is 0.197. The minimum Gasteiger partial charge on any atom is -0.375 e. The molecule has 0 N–H and O–H groups in total. The second kappa shape index (κ2) is 14.1. The van der Waals surface area contributed by atoms with Crippen LogP contribution in [0.1, 0.15) is 0 Å². The zero-order valence-corrected chi connectivity index (χ0v) is 38.9. The van der Waals surface area contributed by atoms with E-state index in [1.54, 1.807) is 0 Å². The molecule has 0 saturated carbocycles. The summed E-state index contributed by atoms with van der Waals surface area (Å²) in [5, 5.41) is 12.5. The molecule has 11 aromatic carbocycles. The average molecular weight is 914 g/mol. The van der Waals surface area contributed by atoms with Crippen LogP contribution in [-0.2, 0) is 0 Å². The van der Waals surface area contributed by atoms with Gasteiger partial charge in [0.1, 0.15) is 0 Å². The summed E-state index contributed by atoms with van der Waals surface area (Å²) in [5.41, 5.74) is 19.2. The van der Waals surface area contributed by atoms with E-state index >= 15 is 0 Å². The zero-order chi connectivity index (χ0) is 46.8. The van der Waals surface area contributed by atoms with Gasteiger partial charge in [0.05, 0.1) is 44.1 Å². The third-order valence-corrected chi connectivity index (χ3v) is 16.1. The van der Waals surface area contributed by atoms with E-state index in [9.17, 15) is 0 Å². The van der Waals surface area contributed by atoms with Crippen LogP contribution in [0, 0.1) is 0 Å². The van der Waals surface area contributed by atoms with Crippen LogP contribution >= 0.6 is 0 Å². The second-order valence-electron chi connectivity index (χ2n) is 19.6. The van der Waals surface area contributed by atoms with E-state index < -0.39 is 0 Å². The Morgan fingerprint density at radius 1 is 0.236 bits per heavy atom. The Labute approximate surface area is 412 Å². The van der Waals surface area contributed by atoms with Crippen molar-refractivity contribution in [1.82, 2.24) is 22.7 Å². The minimum atomic E-state index is -0.197. The molecule has 0 saturated heterocycles. The molecule has 0 fully saturated rings. The molecule has 0 aliphatic carbocycles. The molecule has 5 aromatic heterocycles. The summed E-state index contributed by atoms with van der Waals surface area (Å²) < 4.78 is 12.7. The number of fused-ring (bicyclic) bond motifs is 18. The summed E-state index contributed by atoms with van der Waals surface area (Å²) in [6, 6.07) is 90.4. The summed E-state index contributed by atoms with van der Waals surface area (Å²) in [5.74, 6) is 0. The lowest BCUT2D eigenvalue weighted by atomic mass is 9.48. The van der Waals surface area contributed by atoms with E-state index in [2.05, 4.69) is 265 Å². The summed E-state index contributed by atoms with van der Waals surface area (Å²) in [6.07, 6.45) is 0. The fourth-order valence-electron chi connectivity index (χ4n) is 13.3. The number of hydrogen-bond acceptors (Lipinski definition) is 0. The second-order valence-corrected chi connectivity index (χ2v) is 19.6. The van der Waals surface area contributed by atoms with Crippen LogP contribution < -0.4 is 10.9 Å². The Morgan fingerprint density at radius 2 is 0.694 bits per heavy atom. The zero-order valence-electron chi connectivity index (χ0n) is 38.9. The highest BCUT2D eigenvalue weighted by molar-refractivity contribution is 6.88. The van der Waals surface area contributed by atoms with Crippen molar-refractivity contribution >= 4 is 127 Å². The fraction of sp³-hybridized carbons (Fsp3) is 0. The number of nitrogens with zero attached hydrogens (tertiary/aromatic N) is 5. The summed E-state index contributed by atoms with van der Waals surface area (Å²) in [6.45, 7) is -0.197. The number of benzene rings is 11. The molecule has 16 aromatic rings. The van der Waals surface area contributed by atoms with Gasteiger partial charge in [-0.2, -0.15) is 0 Å². The number of para-hydroxylation sites is 8. The van der Waals surface area contributed by atoms with Crippen LogP contribution in [0.25, 0.3) is 132 Å². The van der Waals surface area contributed by atoms with Crippen LogP contribution in [0.15, 0.2) is 243 Å². The summed E-state index contributed by atoms with van der Waals surface area (Å²) in [7, 11) is 0. The van der Waals surface area contributed by atoms with E-state index in [0.717, 1.165) is 17.1 Å². The van der Waals surface area contributed by atoms with Crippen molar-refractivity contribution in [2.45, 2.75) is 0 Å². The third kappa shape index (κ3) is 4.88. The maximum Gasteiger partial charge on any atom is 0.332 e. The van der Waals surface area contributed by atoms with Gasteiger partial charge >= 0.3 is 6.85 Å². The largest absolute Gasteiger partial charge is 0.375 e. The van der Waals surface area contributed by atoms with Crippen molar-refractivity contribution in [3.63, 3.8) is 0 Å². The van der Waals surface area contributed by atoms with Gasteiger partial charge in [0.15, 0.2) is 0 Å².